The van der Waals surface area contributed by atoms with Gasteiger partial charge in [-0.25, -0.2) is 0 Å². The number of hydrogen-bond donors (Lipinski definition) is 0. The lowest BCUT2D eigenvalue weighted by molar-refractivity contribution is -0.145. The van der Waals surface area contributed by atoms with Crippen molar-refractivity contribution in [3.8, 4) is 5.75 Å². The van der Waals surface area contributed by atoms with Crippen molar-refractivity contribution >= 4 is 23.2 Å². The van der Waals surface area contributed by atoms with Gasteiger partial charge in [-0.15, -0.1) is 17.9 Å². The molecule has 160 valence electrons. The zero-order valence-electron chi connectivity index (χ0n) is 18.2. The second-order valence-corrected chi connectivity index (χ2v) is 9.54. The Bertz CT molecular complexity index is 911. The summed E-state index contributed by atoms with van der Waals surface area (Å²) in [5.74, 6) is 0.683. The number of rotatable bonds is 6. The first-order valence-corrected chi connectivity index (χ1v) is 11.0. The van der Waals surface area contributed by atoms with E-state index in [1.807, 2.05) is 49.9 Å². The van der Waals surface area contributed by atoms with Crippen LogP contribution >= 0.6 is 11.3 Å². The number of carbonyl (C=O) groups excluding carboxylic acids is 2. The van der Waals surface area contributed by atoms with Gasteiger partial charge in [-0.05, 0) is 41.1 Å². The van der Waals surface area contributed by atoms with Gasteiger partial charge >= 0.3 is 0 Å². The van der Waals surface area contributed by atoms with Crippen LogP contribution in [0.5, 0.6) is 5.75 Å². The van der Waals surface area contributed by atoms with Crippen molar-refractivity contribution in [1.82, 2.24) is 9.80 Å². The second kappa shape index (κ2) is 9.04. The van der Waals surface area contributed by atoms with Crippen molar-refractivity contribution in [2.45, 2.75) is 33.2 Å². The zero-order chi connectivity index (χ0) is 21.9. The molecule has 0 bridgehead atoms. The number of thiophene rings is 1. The third-order valence-corrected chi connectivity index (χ3v) is 6.32. The number of carbonyl (C=O) groups is 2. The Balaban J connectivity index is 1.90. The Hall–Kier alpha value is -2.60. The summed E-state index contributed by atoms with van der Waals surface area (Å²) < 4.78 is 5.29. The van der Waals surface area contributed by atoms with E-state index in [4.69, 9.17) is 4.74 Å². The summed E-state index contributed by atoms with van der Waals surface area (Å²) in [5.41, 5.74) is 1.66. The van der Waals surface area contributed by atoms with E-state index in [0.29, 0.717) is 13.1 Å². The number of benzene rings is 1. The summed E-state index contributed by atoms with van der Waals surface area (Å²) >= 11 is 1.74. The van der Waals surface area contributed by atoms with E-state index in [2.05, 4.69) is 18.0 Å². The molecule has 2 heterocycles. The maximum absolute atomic E-state index is 13.4. The van der Waals surface area contributed by atoms with Crippen LogP contribution in [0.1, 0.15) is 42.8 Å². The monoisotopic (exact) mass is 426 g/mol. The number of hydrogen-bond acceptors (Lipinski definition) is 4. The fourth-order valence-corrected chi connectivity index (χ4v) is 4.74. The second-order valence-electron chi connectivity index (χ2n) is 8.54. The standard InChI is InChI=1S/C24H30N2O3S/c1-6-13-25(23(28)24(2,3)4)16-21(27)26-14-11-20-19(12-15-30-20)22(26)17-7-9-18(29-5)10-8-17/h6-10,12,15,22H,1,11,13-14,16H2,2-5H3/t22-/m0/s1. The van der Waals surface area contributed by atoms with Gasteiger partial charge in [0.2, 0.25) is 11.8 Å². The number of fused-ring (bicyclic) bond motifs is 1. The van der Waals surface area contributed by atoms with E-state index in [0.717, 1.165) is 17.7 Å². The third kappa shape index (κ3) is 4.59. The molecule has 0 aliphatic carbocycles. The maximum Gasteiger partial charge on any atom is 0.243 e. The molecule has 6 heteroatoms. The highest BCUT2D eigenvalue weighted by molar-refractivity contribution is 7.10. The average Bonchev–Trinajstić information content (AvgIpc) is 3.20. The number of methoxy groups -OCH3 is 1. The SMILES string of the molecule is C=CCN(CC(=O)N1CCc2sccc2[C@@H]1c1ccc(OC)cc1)C(=O)C(C)(C)C. The maximum atomic E-state index is 13.4. The summed E-state index contributed by atoms with van der Waals surface area (Å²) in [7, 11) is 1.64. The van der Waals surface area contributed by atoms with Crippen LogP contribution in [0.25, 0.3) is 0 Å². The van der Waals surface area contributed by atoms with E-state index in [-0.39, 0.29) is 24.4 Å². The predicted molar refractivity (Wildman–Crippen MR) is 121 cm³/mol. The van der Waals surface area contributed by atoms with E-state index in [1.165, 1.54) is 10.4 Å². The van der Waals surface area contributed by atoms with Crippen LogP contribution < -0.4 is 4.74 Å². The van der Waals surface area contributed by atoms with Gasteiger partial charge in [-0.1, -0.05) is 39.0 Å². The Morgan fingerprint density at radius 2 is 1.97 bits per heavy atom. The van der Waals surface area contributed by atoms with E-state index in [9.17, 15) is 9.59 Å². The molecule has 2 aromatic rings. The first-order valence-electron chi connectivity index (χ1n) is 10.2. The molecule has 1 aromatic heterocycles. The van der Waals surface area contributed by atoms with Crippen LogP contribution in [0.3, 0.4) is 0 Å². The summed E-state index contributed by atoms with van der Waals surface area (Å²) in [6.07, 6.45) is 2.51. The van der Waals surface area contributed by atoms with Gasteiger partial charge < -0.3 is 14.5 Å². The minimum Gasteiger partial charge on any atom is -0.497 e. The highest BCUT2D eigenvalue weighted by Crippen LogP contribution is 2.38. The lowest BCUT2D eigenvalue weighted by Gasteiger charge is -2.38. The molecule has 0 N–H and O–H groups in total. The quantitative estimate of drug-likeness (QED) is 0.648. The van der Waals surface area contributed by atoms with Gasteiger partial charge in [-0.3, -0.25) is 9.59 Å². The highest BCUT2D eigenvalue weighted by atomic mass is 32.1. The Morgan fingerprint density at radius 1 is 1.27 bits per heavy atom. The number of ether oxygens (including phenoxy) is 1. The van der Waals surface area contributed by atoms with Crippen LogP contribution in [-0.2, 0) is 16.0 Å². The minimum atomic E-state index is -0.554. The van der Waals surface area contributed by atoms with Crippen molar-refractivity contribution < 1.29 is 14.3 Å². The normalized spacial score (nSPS) is 16.0. The molecule has 0 radical (unpaired) electrons. The molecule has 1 aromatic carbocycles. The molecule has 0 saturated heterocycles. The molecule has 30 heavy (non-hydrogen) atoms. The van der Waals surface area contributed by atoms with Crippen molar-refractivity contribution in [1.29, 1.82) is 0 Å². The smallest absolute Gasteiger partial charge is 0.243 e. The fraction of sp³-hybridized carbons (Fsp3) is 0.417. The number of nitrogens with zero attached hydrogens (tertiary/aromatic N) is 2. The Labute approximate surface area is 182 Å². The van der Waals surface area contributed by atoms with Crippen LogP contribution in [0.2, 0.25) is 0 Å². The minimum absolute atomic E-state index is 0.0490. The van der Waals surface area contributed by atoms with Crippen molar-refractivity contribution in [3.63, 3.8) is 0 Å². The molecule has 1 aliphatic heterocycles. The van der Waals surface area contributed by atoms with Gasteiger partial charge in [0.1, 0.15) is 12.3 Å². The summed E-state index contributed by atoms with van der Waals surface area (Å²) in [5, 5.41) is 2.09. The van der Waals surface area contributed by atoms with E-state index in [1.54, 1.807) is 29.4 Å². The van der Waals surface area contributed by atoms with E-state index < -0.39 is 5.41 Å². The summed E-state index contributed by atoms with van der Waals surface area (Å²) in [6.45, 7) is 10.4. The van der Waals surface area contributed by atoms with Gasteiger partial charge in [0.15, 0.2) is 0 Å². The molecule has 3 rings (SSSR count). The number of amides is 2. The van der Waals surface area contributed by atoms with Gasteiger partial charge in [0.05, 0.1) is 13.2 Å². The van der Waals surface area contributed by atoms with Crippen LogP contribution in [-0.4, -0.2) is 48.4 Å². The molecule has 1 aliphatic rings. The predicted octanol–water partition coefficient (Wildman–Crippen LogP) is 4.29. The first-order chi connectivity index (χ1) is 14.3. The molecule has 0 fully saturated rings. The summed E-state index contributed by atoms with van der Waals surface area (Å²) in [6, 6.07) is 9.82. The first kappa shape index (κ1) is 22.1. The largest absolute Gasteiger partial charge is 0.497 e. The lowest BCUT2D eigenvalue weighted by atomic mass is 9.92. The lowest BCUT2D eigenvalue weighted by Crippen LogP contribution is -2.49. The van der Waals surface area contributed by atoms with Crippen molar-refractivity contribution in [3.05, 3.63) is 64.4 Å². The van der Waals surface area contributed by atoms with Crippen molar-refractivity contribution in [2.24, 2.45) is 5.41 Å². The van der Waals surface area contributed by atoms with Gasteiger partial charge in [0.25, 0.3) is 0 Å². The fourth-order valence-electron chi connectivity index (χ4n) is 3.83. The zero-order valence-corrected chi connectivity index (χ0v) is 19.0. The molecule has 2 amide bonds. The molecule has 5 nitrogen and oxygen atoms in total. The van der Waals surface area contributed by atoms with Gasteiger partial charge in [0, 0.05) is 23.4 Å². The Morgan fingerprint density at radius 3 is 2.57 bits per heavy atom. The molecular weight excluding hydrogens is 396 g/mol. The van der Waals surface area contributed by atoms with Crippen LogP contribution in [0.4, 0.5) is 0 Å². The van der Waals surface area contributed by atoms with E-state index >= 15 is 0 Å². The molecule has 0 unspecified atom stereocenters. The molecule has 1 atom stereocenters. The molecular formula is C24H30N2O3S. The highest BCUT2D eigenvalue weighted by Gasteiger charge is 2.35. The van der Waals surface area contributed by atoms with Crippen molar-refractivity contribution in [2.75, 3.05) is 26.7 Å². The average molecular weight is 427 g/mol. The van der Waals surface area contributed by atoms with Crippen LogP contribution in [0.15, 0.2) is 48.4 Å². The van der Waals surface area contributed by atoms with Crippen LogP contribution in [0, 0.1) is 5.41 Å². The molecule has 0 spiro atoms. The Kier molecular flexibility index (Phi) is 6.66. The third-order valence-electron chi connectivity index (χ3n) is 5.32. The summed E-state index contributed by atoms with van der Waals surface area (Å²) in [4.78, 5) is 31.1. The van der Waals surface area contributed by atoms with Gasteiger partial charge in [-0.2, -0.15) is 0 Å². The molecule has 0 saturated carbocycles. The topological polar surface area (TPSA) is 49.9 Å².